The molecule has 0 aromatic carbocycles. The van der Waals surface area contributed by atoms with Gasteiger partial charge in [-0.05, 0) is 75.4 Å². The molecule has 1 amide bonds. The van der Waals surface area contributed by atoms with Gasteiger partial charge >= 0.3 is 23.9 Å². The zero-order valence-corrected chi connectivity index (χ0v) is 38.1. The number of hydrogen-bond donors (Lipinski definition) is 4. The highest BCUT2D eigenvalue weighted by Crippen LogP contribution is 2.65. The van der Waals surface area contributed by atoms with E-state index in [2.05, 4.69) is 5.32 Å². The number of ether oxygens (including phenoxy) is 5. The highest BCUT2D eigenvalue weighted by Gasteiger charge is 2.78. The molecule has 0 spiro atoms. The van der Waals surface area contributed by atoms with Gasteiger partial charge in [0.05, 0.1) is 43.1 Å². The minimum Gasteiger partial charge on any atom is -0.468 e. The third-order valence-corrected chi connectivity index (χ3v) is 16.8. The van der Waals surface area contributed by atoms with E-state index in [-0.39, 0.29) is 41.9 Å². The summed E-state index contributed by atoms with van der Waals surface area (Å²) in [5.74, 6) is -8.21. The van der Waals surface area contributed by atoms with Gasteiger partial charge in [-0.1, -0.05) is 71.6 Å². The third kappa shape index (κ3) is 8.39. The Labute approximate surface area is 371 Å². The van der Waals surface area contributed by atoms with Crippen LogP contribution in [0.2, 0.25) is 0 Å². The third-order valence-electron chi connectivity index (χ3n) is 16.8. The van der Waals surface area contributed by atoms with Gasteiger partial charge in [-0.2, -0.15) is 0 Å². The first-order valence-corrected chi connectivity index (χ1v) is 23.7. The first-order chi connectivity index (χ1) is 29.8. The van der Waals surface area contributed by atoms with Crippen LogP contribution in [0.15, 0.2) is 11.1 Å². The smallest absolute Gasteiger partial charge is 0.337 e. The van der Waals surface area contributed by atoms with Crippen LogP contribution in [0.1, 0.15) is 150 Å². The van der Waals surface area contributed by atoms with Crippen LogP contribution in [0.3, 0.4) is 0 Å². The lowest BCUT2D eigenvalue weighted by Crippen LogP contribution is -2.81. The summed E-state index contributed by atoms with van der Waals surface area (Å²) in [6, 6.07) is -0.951. The SMILES string of the molecule is COC(=O)[C@H]1C(=O)[C@@]2(C)[C@H](C(OC(=O)C3CCCCC3)[C@]3(O)CC(OC(=O)C(O)[C@@H](NC(=O)CC4CCCCC4)C4CCCCC4)C(C)=C1C3(C)C)[C@]1(OC(C)=O)CO[C@@H]1C[C@@H]2O. The predicted octanol–water partition coefficient (Wildman–Crippen LogP) is 4.72. The largest absolute Gasteiger partial charge is 0.468 e. The van der Waals surface area contributed by atoms with Crippen LogP contribution in [-0.4, -0.2) is 112 Å². The Morgan fingerprint density at radius 1 is 0.873 bits per heavy atom. The Bertz CT molecular complexity index is 1810. The summed E-state index contributed by atoms with van der Waals surface area (Å²) in [6.45, 7) is 7.24. The summed E-state index contributed by atoms with van der Waals surface area (Å²) in [7, 11) is 1.12. The molecule has 7 rings (SSSR count). The van der Waals surface area contributed by atoms with Gasteiger partial charge in [-0.3, -0.25) is 24.0 Å². The lowest BCUT2D eigenvalue weighted by molar-refractivity contribution is -0.347. The molecule has 0 aromatic rings. The topological polar surface area (TPSA) is 221 Å². The molecule has 5 saturated carbocycles. The summed E-state index contributed by atoms with van der Waals surface area (Å²) in [5.41, 5.74) is -7.28. The molecule has 6 fully saturated rings. The quantitative estimate of drug-likeness (QED) is 0.0955. The fraction of sp³-hybridized carbons (Fsp3) is 0.833. The van der Waals surface area contributed by atoms with Crippen molar-refractivity contribution in [2.24, 2.45) is 40.4 Å². The molecule has 3 unspecified atom stereocenters. The summed E-state index contributed by atoms with van der Waals surface area (Å²) >= 11 is 0. The number of hydrogen-bond acceptors (Lipinski definition) is 14. The van der Waals surface area contributed by atoms with Crippen LogP contribution >= 0.6 is 0 Å². The molecule has 1 heterocycles. The Morgan fingerprint density at radius 2 is 1.48 bits per heavy atom. The van der Waals surface area contributed by atoms with Crippen molar-refractivity contribution in [2.45, 2.75) is 198 Å². The Hall–Kier alpha value is -3.40. The molecule has 7 aliphatic rings. The van der Waals surface area contributed by atoms with Crippen LogP contribution in [0.5, 0.6) is 0 Å². The van der Waals surface area contributed by atoms with Crippen molar-refractivity contribution in [1.82, 2.24) is 5.32 Å². The number of fused-ring (bicyclic) bond motifs is 5. The van der Waals surface area contributed by atoms with Crippen molar-refractivity contribution < 1.29 is 67.8 Å². The zero-order valence-electron chi connectivity index (χ0n) is 38.1. The number of carbonyl (C=O) groups excluding carboxylic acids is 6. The van der Waals surface area contributed by atoms with E-state index in [1.54, 1.807) is 20.8 Å². The predicted molar refractivity (Wildman–Crippen MR) is 225 cm³/mol. The van der Waals surface area contributed by atoms with Crippen molar-refractivity contribution in [2.75, 3.05) is 13.7 Å². The molecule has 15 nitrogen and oxygen atoms in total. The molecule has 11 atom stereocenters. The van der Waals surface area contributed by atoms with Gasteiger partial charge in [0.1, 0.15) is 29.8 Å². The molecule has 15 heteroatoms. The monoisotopic (exact) mass is 885 g/mol. The number of Topliss-reactive ketones (excluding diaryl/α,β-unsaturated/α-hetero) is 1. The minimum atomic E-state index is -2.29. The first-order valence-electron chi connectivity index (χ1n) is 23.7. The minimum absolute atomic E-state index is 0.0594. The van der Waals surface area contributed by atoms with E-state index in [4.69, 9.17) is 23.7 Å². The number of methoxy groups -OCH3 is 1. The zero-order chi connectivity index (χ0) is 45.6. The van der Waals surface area contributed by atoms with Crippen molar-refractivity contribution in [3.63, 3.8) is 0 Å². The number of ketones is 1. The number of nitrogens with one attached hydrogen (secondary N) is 1. The van der Waals surface area contributed by atoms with Gasteiger partial charge in [0.2, 0.25) is 5.91 Å². The van der Waals surface area contributed by atoms with Crippen LogP contribution in [0.4, 0.5) is 0 Å². The summed E-state index contributed by atoms with van der Waals surface area (Å²) < 4.78 is 30.2. The summed E-state index contributed by atoms with van der Waals surface area (Å²) in [4.78, 5) is 85.4. The van der Waals surface area contributed by atoms with Gasteiger partial charge in [0.25, 0.3) is 0 Å². The van der Waals surface area contributed by atoms with Crippen LogP contribution < -0.4 is 5.32 Å². The molecular formula is C48H71NO14. The van der Waals surface area contributed by atoms with E-state index < -0.39 is 112 Å². The number of esters is 4. The fourth-order valence-electron chi connectivity index (χ4n) is 13.2. The maximum Gasteiger partial charge on any atom is 0.337 e. The van der Waals surface area contributed by atoms with Gasteiger partial charge in [0, 0.05) is 31.6 Å². The summed E-state index contributed by atoms with van der Waals surface area (Å²) in [6.07, 6.45) is 5.14. The molecule has 0 aromatic heterocycles. The molecule has 2 bridgehead atoms. The number of carbonyl (C=O) groups is 6. The number of rotatable bonds is 11. The number of amides is 1. The second-order valence-electron chi connectivity index (χ2n) is 20.8. The molecule has 63 heavy (non-hydrogen) atoms. The highest BCUT2D eigenvalue weighted by molar-refractivity contribution is 6.06. The molecule has 4 N–H and O–H groups in total. The van der Waals surface area contributed by atoms with E-state index >= 15 is 4.79 Å². The molecular weight excluding hydrogens is 815 g/mol. The lowest BCUT2D eigenvalue weighted by atomic mass is 9.43. The second-order valence-corrected chi connectivity index (χ2v) is 20.8. The van der Waals surface area contributed by atoms with E-state index in [1.807, 2.05) is 0 Å². The highest BCUT2D eigenvalue weighted by atomic mass is 16.6. The van der Waals surface area contributed by atoms with Crippen molar-refractivity contribution in [3.05, 3.63) is 11.1 Å². The van der Waals surface area contributed by atoms with E-state index in [0.29, 0.717) is 32.1 Å². The first kappa shape index (κ1) is 47.6. The fourth-order valence-corrected chi connectivity index (χ4v) is 13.2. The van der Waals surface area contributed by atoms with Crippen LogP contribution in [-0.2, 0) is 52.5 Å². The van der Waals surface area contributed by atoms with Gasteiger partial charge in [-0.25, -0.2) is 4.79 Å². The molecule has 1 saturated heterocycles. The van der Waals surface area contributed by atoms with Gasteiger partial charge in [-0.15, -0.1) is 0 Å². The molecule has 1 aliphatic heterocycles. The maximum absolute atomic E-state index is 15.6. The van der Waals surface area contributed by atoms with Gasteiger partial charge in [0.15, 0.2) is 17.5 Å². The summed E-state index contributed by atoms with van der Waals surface area (Å²) in [5, 5.41) is 40.9. The van der Waals surface area contributed by atoms with E-state index in [0.717, 1.165) is 77.7 Å². The second kappa shape index (κ2) is 18.5. The number of aliphatic hydroxyl groups excluding tert-OH is 2. The Kier molecular flexibility index (Phi) is 13.9. The normalized spacial score (nSPS) is 37.1. The average Bonchev–Trinajstić information content (AvgIpc) is 3.26. The van der Waals surface area contributed by atoms with E-state index in [9.17, 15) is 39.3 Å². The molecule has 352 valence electrons. The van der Waals surface area contributed by atoms with Crippen molar-refractivity contribution >= 4 is 35.6 Å². The van der Waals surface area contributed by atoms with Crippen LogP contribution in [0, 0.1) is 40.4 Å². The number of aliphatic hydroxyl groups is 3. The lowest BCUT2D eigenvalue weighted by Gasteiger charge is -2.67. The van der Waals surface area contributed by atoms with Crippen molar-refractivity contribution in [1.29, 1.82) is 0 Å². The Balaban J connectivity index is 1.33. The van der Waals surface area contributed by atoms with E-state index in [1.165, 1.54) is 13.8 Å². The maximum atomic E-state index is 15.6. The molecule has 6 aliphatic carbocycles. The molecule has 0 radical (unpaired) electrons. The van der Waals surface area contributed by atoms with Crippen molar-refractivity contribution in [3.8, 4) is 0 Å². The standard InChI is InChI=1S/C48H71NO14/c1-26-31(61-44(57)38(53)37(29-18-12-8-13-19-29)49-34(52)22-28-16-10-7-11-17-28)24-48(58)41(62-42(55)30-20-14-9-15-21-30)39-46(5,32(51)23-33-47(39,25-60-33)63-27(2)50)40(54)35(43(56)59-6)36(26)45(48,3)4/h28-33,35,37-39,41,51,53,58H,7-25H2,1-6H3,(H,49,52)/t31?,32-,33+,35+,37-,38?,39-,41?,46+,47-,48+/m0/s1. The van der Waals surface area contributed by atoms with Gasteiger partial charge < -0.3 is 44.3 Å². The average molecular weight is 886 g/mol. The Morgan fingerprint density at radius 3 is 2.05 bits per heavy atom. The van der Waals surface area contributed by atoms with Crippen LogP contribution in [0.25, 0.3) is 0 Å².